The quantitative estimate of drug-likeness (QED) is 0.669. The molecule has 3 saturated heterocycles. The van der Waals surface area contributed by atoms with Crippen LogP contribution >= 0.6 is 27.5 Å². The molecular weight excluding hydrogens is 501 g/mol. The monoisotopic (exact) mass is 521 g/mol. The number of fused-ring (bicyclic) bond motifs is 3. The highest BCUT2D eigenvalue weighted by Crippen LogP contribution is 2.34. The summed E-state index contributed by atoms with van der Waals surface area (Å²) < 4.78 is 15.4. The molecule has 3 aliphatic rings. The van der Waals surface area contributed by atoms with Crippen LogP contribution in [0.3, 0.4) is 0 Å². The Morgan fingerprint density at radius 1 is 1.16 bits per heavy atom. The van der Waals surface area contributed by atoms with E-state index in [0.717, 1.165) is 28.0 Å². The lowest BCUT2D eigenvalue weighted by molar-refractivity contribution is -0.139. The summed E-state index contributed by atoms with van der Waals surface area (Å²) in [4.78, 5) is 33.6. The van der Waals surface area contributed by atoms with Crippen molar-refractivity contribution < 1.29 is 14.0 Å². The number of hydrogen-bond donors (Lipinski definition) is 1. The zero-order chi connectivity index (χ0) is 22.6. The van der Waals surface area contributed by atoms with Gasteiger partial charge in [0, 0.05) is 40.9 Å². The molecule has 2 aromatic carbocycles. The number of nitrogens with zero attached hydrogens (tertiary/aromatic N) is 4. The number of imide groups is 1. The largest absolute Gasteiger partial charge is 0.343 e. The zero-order valence-electron chi connectivity index (χ0n) is 17.3. The van der Waals surface area contributed by atoms with Crippen molar-refractivity contribution in [1.29, 1.82) is 0 Å². The van der Waals surface area contributed by atoms with Crippen LogP contribution in [0.5, 0.6) is 0 Å². The Balaban J connectivity index is 1.45. The van der Waals surface area contributed by atoms with Crippen LogP contribution in [0.2, 0.25) is 5.02 Å². The van der Waals surface area contributed by atoms with Crippen LogP contribution in [-0.2, 0) is 11.3 Å². The molecular formula is C22H22BrClFN5O2. The minimum absolute atomic E-state index is 0.139. The summed E-state index contributed by atoms with van der Waals surface area (Å²) in [6.07, 6.45) is 0.182. The Bertz CT molecular complexity index is 1050. The summed E-state index contributed by atoms with van der Waals surface area (Å²) >= 11 is 9.63. The van der Waals surface area contributed by atoms with E-state index in [1.54, 1.807) is 13.1 Å². The molecule has 3 amide bonds. The smallest absolute Gasteiger partial charge is 0.328 e. The predicted octanol–water partition coefficient (Wildman–Crippen LogP) is 3.43. The summed E-state index contributed by atoms with van der Waals surface area (Å²) in [5.41, 5.74) is 1.17. The van der Waals surface area contributed by atoms with Gasteiger partial charge in [-0.2, -0.15) is 0 Å². The lowest BCUT2D eigenvalue weighted by Crippen LogP contribution is -2.66. The van der Waals surface area contributed by atoms with Crippen LogP contribution in [0.15, 0.2) is 46.9 Å². The Kier molecular flexibility index (Phi) is 5.61. The topological polar surface area (TPSA) is 59.1 Å². The summed E-state index contributed by atoms with van der Waals surface area (Å²) in [7, 11) is 1.66. The second kappa shape index (κ2) is 8.30. The van der Waals surface area contributed by atoms with Gasteiger partial charge >= 0.3 is 6.03 Å². The van der Waals surface area contributed by atoms with Crippen LogP contribution in [-0.4, -0.2) is 65.3 Å². The molecule has 7 nitrogen and oxygen atoms in total. The van der Waals surface area contributed by atoms with Crippen molar-refractivity contribution >= 4 is 45.2 Å². The highest BCUT2D eigenvalue weighted by Gasteiger charge is 2.56. The van der Waals surface area contributed by atoms with Gasteiger partial charge in [-0.3, -0.25) is 19.9 Å². The highest BCUT2D eigenvalue weighted by atomic mass is 79.9. The number of anilines is 1. The molecule has 10 heteroatoms. The molecule has 32 heavy (non-hydrogen) atoms. The first-order valence-corrected chi connectivity index (χ1v) is 11.6. The number of rotatable bonds is 3. The molecule has 0 aromatic heterocycles. The van der Waals surface area contributed by atoms with E-state index in [1.165, 1.54) is 17.0 Å². The third kappa shape index (κ3) is 3.48. The van der Waals surface area contributed by atoms with Crippen molar-refractivity contribution in [1.82, 2.24) is 20.0 Å². The van der Waals surface area contributed by atoms with Crippen molar-refractivity contribution in [3.8, 4) is 0 Å². The van der Waals surface area contributed by atoms with Gasteiger partial charge in [0.25, 0.3) is 5.91 Å². The molecule has 0 saturated carbocycles. The molecule has 168 valence electrons. The van der Waals surface area contributed by atoms with Gasteiger partial charge < -0.3 is 9.80 Å². The van der Waals surface area contributed by atoms with E-state index < -0.39 is 24.1 Å². The number of hydrogen-bond acceptors (Lipinski definition) is 5. The summed E-state index contributed by atoms with van der Waals surface area (Å²) in [6, 6.07) is 11.3. The maximum atomic E-state index is 14.4. The van der Waals surface area contributed by atoms with Gasteiger partial charge in [-0.05, 0) is 42.8 Å². The molecule has 3 fully saturated rings. The van der Waals surface area contributed by atoms with Crippen LogP contribution in [0.4, 0.5) is 14.9 Å². The minimum Gasteiger partial charge on any atom is -0.343 e. The zero-order valence-corrected chi connectivity index (χ0v) is 19.7. The van der Waals surface area contributed by atoms with Gasteiger partial charge in [0.15, 0.2) is 0 Å². The fourth-order valence-electron chi connectivity index (χ4n) is 4.80. The first-order valence-electron chi connectivity index (χ1n) is 10.4. The van der Waals surface area contributed by atoms with Crippen molar-refractivity contribution in [2.24, 2.45) is 0 Å². The number of likely N-dealkylation sites (N-methyl/N-ethyl adjacent to an activating group) is 1. The lowest BCUT2D eigenvalue weighted by atomic mass is 10.1. The van der Waals surface area contributed by atoms with Crippen LogP contribution < -0.4 is 10.2 Å². The summed E-state index contributed by atoms with van der Waals surface area (Å²) in [5, 5.41) is 3.67. The summed E-state index contributed by atoms with van der Waals surface area (Å²) in [5.74, 6) is -0.880. The molecule has 5 rings (SSSR count). The van der Waals surface area contributed by atoms with Gasteiger partial charge in [0.1, 0.15) is 24.3 Å². The van der Waals surface area contributed by atoms with Gasteiger partial charge in [-0.15, -0.1) is 0 Å². The number of halogens is 3. The lowest BCUT2D eigenvalue weighted by Gasteiger charge is -2.44. The Morgan fingerprint density at radius 2 is 1.91 bits per heavy atom. The van der Waals surface area contributed by atoms with Gasteiger partial charge in [-0.1, -0.05) is 33.6 Å². The number of urea groups is 1. The second-order valence-electron chi connectivity index (χ2n) is 8.21. The van der Waals surface area contributed by atoms with E-state index in [9.17, 15) is 14.0 Å². The van der Waals surface area contributed by atoms with Gasteiger partial charge in [0.05, 0.1) is 6.54 Å². The minimum atomic E-state index is -0.563. The first-order chi connectivity index (χ1) is 15.4. The third-order valence-corrected chi connectivity index (χ3v) is 7.29. The first kappa shape index (κ1) is 21.6. The molecule has 3 unspecified atom stereocenters. The van der Waals surface area contributed by atoms with Crippen molar-refractivity contribution in [3.63, 3.8) is 0 Å². The average molecular weight is 523 g/mol. The second-order valence-corrected chi connectivity index (χ2v) is 9.53. The van der Waals surface area contributed by atoms with Gasteiger partial charge in [-0.25, -0.2) is 9.18 Å². The van der Waals surface area contributed by atoms with Crippen molar-refractivity contribution in [2.45, 2.75) is 31.5 Å². The van der Waals surface area contributed by atoms with Crippen LogP contribution in [0, 0.1) is 5.82 Å². The molecule has 3 atom stereocenters. The molecule has 1 N–H and O–H groups in total. The number of carbonyl (C=O) groups is 2. The van der Waals surface area contributed by atoms with Crippen LogP contribution in [0.1, 0.15) is 12.0 Å². The summed E-state index contributed by atoms with van der Waals surface area (Å²) in [6.45, 7) is 1.34. The Labute approximate surface area is 198 Å². The van der Waals surface area contributed by atoms with E-state index in [-0.39, 0.29) is 29.3 Å². The van der Waals surface area contributed by atoms with Crippen LogP contribution in [0.25, 0.3) is 0 Å². The van der Waals surface area contributed by atoms with E-state index >= 15 is 0 Å². The van der Waals surface area contributed by atoms with E-state index in [4.69, 9.17) is 11.6 Å². The normalized spacial score (nSPS) is 25.9. The fraction of sp³-hybridized carbons (Fsp3) is 0.364. The molecule has 3 heterocycles. The Morgan fingerprint density at radius 3 is 2.62 bits per heavy atom. The maximum Gasteiger partial charge on any atom is 0.328 e. The molecule has 3 aliphatic heterocycles. The van der Waals surface area contributed by atoms with Gasteiger partial charge in [0.2, 0.25) is 0 Å². The standard InChI is InChI=1S/C22H22BrClFN5O2/c1-27-19-18(20(31)30(22(27)32)12-15-16(24)4-2-5-17(15)25)29-11-3-10-28(21(29)26-19)14-8-6-13(23)7-9-14/h2,4-9,18-19,21,26H,3,10-12H2,1H3. The number of nitrogens with one attached hydrogen (secondary N) is 1. The molecule has 2 aromatic rings. The fourth-order valence-corrected chi connectivity index (χ4v) is 5.29. The molecule has 0 aliphatic carbocycles. The molecule has 0 spiro atoms. The van der Waals surface area contributed by atoms with Crippen molar-refractivity contribution in [2.75, 3.05) is 25.0 Å². The highest BCUT2D eigenvalue weighted by molar-refractivity contribution is 9.10. The van der Waals surface area contributed by atoms with Crippen molar-refractivity contribution in [3.05, 3.63) is 63.3 Å². The third-order valence-electron chi connectivity index (χ3n) is 6.41. The number of benzene rings is 2. The Hall–Kier alpha value is -2.20. The molecule has 0 radical (unpaired) electrons. The maximum absolute atomic E-state index is 14.4. The van der Waals surface area contributed by atoms with E-state index in [1.807, 2.05) is 24.3 Å². The predicted molar refractivity (Wildman–Crippen MR) is 122 cm³/mol. The number of carbonyl (C=O) groups excluding carboxylic acids is 2. The van der Waals surface area contributed by atoms with E-state index in [0.29, 0.717) is 6.54 Å². The average Bonchev–Trinajstić information content (AvgIpc) is 3.17. The number of amides is 3. The molecule has 0 bridgehead atoms. The van der Waals surface area contributed by atoms with E-state index in [2.05, 4.69) is 31.0 Å². The SMILES string of the molecule is CN1C(=O)N(Cc2c(F)cccc2Cl)C(=O)C2C1NC1N(c3ccc(Br)cc3)CCCN21.